The first-order valence-corrected chi connectivity index (χ1v) is 3.87. The Morgan fingerprint density at radius 2 is 2.10 bits per heavy atom. The summed E-state index contributed by atoms with van der Waals surface area (Å²) in [6.07, 6.45) is 1.08. The van der Waals surface area contributed by atoms with Gasteiger partial charge in [-0.2, -0.15) is 0 Å². The van der Waals surface area contributed by atoms with Gasteiger partial charge >= 0.3 is 0 Å². The molecule has 0 spiro atoms. The average Bonchev–Trinajstić information content (AvgIpc) is 1.95. The molecule has 0 aromatic heterocycles. The van der Waals surface area contributed by atoms with E-state index >= 15 is 0 Å². The Kier molecular flexibility index (Phi) is 2.34. The third-order valence-corrected chi connectivity index (χ3v) is 2.05. The van der Waals surface area contributed by atoms with E-state index in [9.17, 15) is 0 Å². The summed E-state index contributed by atoms with van der Waals surface area (Å²) in [4.78, 5) is 0. The highest BCUT2D eigenvalue weighted by Gasteiger charge is 1.93. The molecule has 0 N–H and O–H groups in total. The number of aryl methyl sites for hydroxylation is 2. The summed E-state index contributed by atoms with van der Waals surface area (Å²) in [5, 5.41) is 0.859. The summed E-state index contributed by atoms with van der Waals surface area (Å²) in [6, 6.07) is 6.15. The van der Waals surface area contributed by atoms with Crippen LogP contribution in [0.3, 0.4) is 0 Å². The third-order valence-electron chi connectivity index (χ3n) is 1.63. The molecule has 0 aliphatic rings. The van der Waals surface area contributed by atoms with Gasteiger partial charge in [-0.3, -0.25) is 0 Å². The molecule has 0 atom stereocenters. The first kappa shape index (κ1) is 7.62. The molecule has 0 bridgehead atoms. The Hall–Kier alpha value is -0.490. The molecule has 0 heterocycles. The van der Waals surface area contributed by atoms with Crippen molar-refractivity contribution >= 4 is 11.6 Å². The maximum Gasteiger partial charge on any atom is 0.0435 e. The van der Waals surface area contributed by atoms with Gasteiger partial charge in [-0.15, -0.1) is 0 Å². The maximum atomic E-state index is 5.84. The molecule has 0 saturated heterocycles. The van der Waals surface area contributed by atoms with E-state index < -0.39 is 0 Å². The summed E-state index contributed by atoms with van der Waals surface area (Å²) >= 11 is 5.84. The van der Waals surface area contributed by atoms with E-state index in [1.807, 2.05) is 13.0 Å². The van der Waals surface area contributed by atoms with Gasteiger partial charge in [0.2, 0.25) is 0 Å². The summed E-state index contributed by atoms with van der Waals surface area (Å²) in [6.45, 7) is 4.17. The molecular formula is C9H11Cl. The fourth-order valence-electron chi connectivity index (χ4n) is 0.927. The second-order valence-corrected chi connectivity index (χ2v) is 2.84. The normalized spacial score (nSPS) is 9.90. The van der Waals surface area contributed by atoms with Gasteiger partial charge in [0.15, 0.2) is 0 Å². The molecule has 1 heteroatoms. The second-order valence-electron chi connectivity index (χ2n) is 2.44. The van der Waals surface area contributed by atoms with Crippen molar-refractivity contribution in [1.82, 2.24) is 0 Å². The van der Waals surface area contributed by atoms with Crippen LogP contribution in [0.2, 0.25) is 5.02 Å². The molecule has 0 aliphatic carbocycles. The van der Waals surface area contributed by atoms with Gasteiger partial charge in [0.05, 0.1) is 0 Å². The van der Waals surface area contributed by atoms with Gasteiger partial charge in [-0.05, 0) is 30.5 Å². The fraction of sp³-hybridized carbons (Fsp3) is 0.333. The van der Waals surface area contributed by atoms with Crippen LogP contribution in [0, 0.1) is 6.92 Å². The number of hydrogen-bond donors (Lipinski definition) is 0. The van der Waals surface area contributed by atoms with Crippen molar-refractivity contribution in [1.29, 1.82) is 0 Å². The molecule has 0 aliphatic heterocycles. The Labute approximate surface area is 66.8 Å². The molecule has 0 fully saturated rings. The van der Waals surface area contributed by atoms with Gasteiger partial charge in [0.25, 0.3) is 0 Å². The minimum Gasteiger partial charge on any atom is -0.0841 e. The summed E-state index contributed by atoms with van der Waals surface area (Å²) < 4.78 is 0. The van der Waals surface area contributed by atoms with Crippen LogP contribution in [0.15, 0.2) is 18.2 Å². The lowest BCUT2D eigenvalue weighted by molar-refractivity contribution is 1.13. The zero-order valence-electron chi connectivity index (χ0n) is 6.32. The first-order chi connectivity index (χ1) is 4.74. The van der Waals surface area contributed by atoms with E-state index in [1.54, 1.807) is 0 Å². The SMILES string of the molecule is CCc1ccc(Cl)c(C)c1. The van der Waals surface area contributed by atoms with E-state index in [0.29, 0.717) is 0 Å². The summed E-state index contributed by atoms with van der Waals surface area (Å²) in [7, 11) is 0. The molecule has 0 nitrogen and oxygen atoms in total. The van der Waals surface area contributed by atoms with Crippen LogP contribution in [0.5, 0.6) is 0 Å². The predicted molar refractivity (Wildman–Crippen MR) is 45.6 cm³/mol. The third kappa shape index (κ3) is 1.51. The molecule has 0 amide bonds. The number of rotatable bonds is 1. The average molecular weight is 155 g/mol. The zero-order valence-corrected chi connectivity index (χ0v) is 7.07. The van der Waals surface area contributed by atoms with Crippen LogP contribution in [0.25, 0.3) is 0 Å². The van der Waals surface area contributed by atoms with Crippen molar-refractivity contribution in [3.05, 3.63) is 34.3 Å². The van der Waals surface area contributed by atoms with Gasteiger partial charge in [-0.25, -0.2) is 0 Å². The monoisotopic (exact) mass is 154 g/mol. The predicted octanol–water partition coefficient (Wildman–Crippen LogP) is 3.21. The quantitative estimate of drug-likeness (QED) is 0.583. The molecule has 0 unspecified atom stereocenters. The Morgan fingerprint density at radius 3 is 2.60 bits per heavy atom. The molecule has 0 saturated carbocycles. The number of halogens is 1. The Bertz CT molecular complexity index is 228. The topological polar surface area (TPSA) is 0 Å². The molecule has 0 radical (unpaired) electrons. The molecule has 10 heavy (non-hydrogen) atoms. The van der Waals surface area contributed by atoms with Gasteiger partial charge in [0.1, 0.15) is 0 Å². The fourth-order valence-corrected chi connectivity index (χ4v) is 1.04. The first-order valence-electron chi connectivity index (χ1n) is 3.49. The summed E-state index contributed by atoms with van der Waals surface area (Å²) in [5.74, 6) is 0. The van der Waals surface area contributed by atoms with Crippen molar-refractivity contribution in [3.8, 4) is 0 Å². The van der Waals surface area contributed by atoms with Crippen molar-refractivity contribution in [2.45, 2.75) is 20.3 Å². The molecule has 54 valence electrons. The highest BCUT2D eigenvalue weighted by molar-refractivity contribution is 6.31. The lowest BCUT2D eigenvalue weighted by Gasteiger charge is -1.99. The van der Waals surface area contributed by atoms with Crippen molar-refractivity contribution in [3.63, 3.8) is 0 Å². The van der Waals surface area contributed by atoms with Crippen LogP contribution >= 0.6 is 11.6 Å². The van der Waals surface area contributed by atoms with Gasteiger partial charge < -0.3 is 0 Å². The molecular weight excluding hydrogens is 144 g/mol. The number of benzene rings is 1. The largest absolute Gasteiger partial charge is 0.0841 e. The van der Waals surface area contributed by atoms with Crippen LogP contribution in [0.4, 0.5) is 0 Å². The highest BCUT2D eigenvalue weighted by atomic mass is 35.5. The van der Waals surface area contributed by atoms with E-state index in [2.05, 4.69) is 19.1 Å². The van der Waals surface area contributed by atoms with Crippen molar-refractivity contribution in [2.24, 2.45) is 0 Å². The molecule has 1 rings (SSSR count). The number of hydrogen-bond acceptors (Lipinski definition) is 0. The van der Waals surface area contributed by atoms with Gasteiger partial charge in [-0.1, -0.05) is 30.7 Å². The Morgan fingerprint density at radius 1 is 1.40 bits per heavy atom. The maximum absolute atomic E-state index is 5.84. The Balaban J connectivity index is 3.04. The van der Waals surface area contributed by atoms with E-state index in [1.165, 1.54) is 11.1 Å². The van der Waals surface area contributed by atoms with E-state index in [-0.39, 0.29) is 0 Å². The summed E-state index contributed by atoms with van der Waals surface area (Å²) in [5.41, 5.74) is 2.52. The van der Waals surface area contributed by atoms with Crippen LogP contribution in [-0.2, 0) is 6.42 Å². The van der Waals surface area contributed by atoms with Crippen molar-refractivity contribution in [2.75, 3.05) is 0 Å². The van der Waals surface area contributed by atoms with E-state index in [0.717, 1.165) is 11.4 Å². The minimum atomic E-state index is 0.859. The lowest BCUT2D eigenvalue weighted by atomic mass is 10.1. The van der Waals surface area contributed by atoms with Crippen LogP contribution < -0.4 is 0 Å². The van der Waals surface area contributed by atoms with Gasteiger partial charge in [0, 0.05) is 5.02 Å². The molecule has 1 aromatic rings. The van der Waals surface area contributed by atoms with Crippen LogP contribution in [0.1, 0.15) is 18.1 Å². The molecule has 1 aromatic carbocycles. The smallest absolute Gasteiger partial charge is 0.0435 e. The van der Waals surface area contributed by atoms with Crippen molar-refractivity contribution < 1.29 is 0 Å². The standard InChI is InChI=1S/C9H11Cl/c1-3-8-4-5-9(10)7(2)6-8/h4-6H,3H2,1-2H3. The zero-order chi connectivity index (χ0) is 7.56. The van der Waals surface area contributed by atoms with E-state index in [4.69, 9.17) is 11.6 Å². The highest BCUT2D eigenvalue weighted by Crippen LogP contribution is 2.16. The van der Waals surface area contributed by atoms with Crippen LogP contribution in [-0.4, -0.2) is 0 Å². The lowest BCUT2D eigenvalue weighted by Crippen LogP contribution is -1.81. The second kappa shape index (κ2) is 3.07. The minimum absolute atomic E-state index is 0.859.